The number of nitrogens with zero attached hydrogens (tertiary/aromatic N) is 2. The van der Waals surface area contributed by atoms with Crippen molar-refractivity contribution < 1.29 is 28.0 Å². The Balaban J connectivity index is 1.76. The summed E-state index contributed by atoms with van der Waals surface area (Å²) in [6.07, 6.45) is 4.46. The summed E-state index contributed by atoms with van der Waals surface area (Å²) in [5, 5.41) is 12.7. The third-order valence-electron chi connectivity index (χ3n) is 11.5. The van der Waals surface area contributed by atoms with Gasteiger partial charge in [0.15, 0.2) is 19.8 Å². The number of nitro benzene ring substituents is 1. The molecule has 1 atom stereocenters. The molecule has 11 heteroatoms. The fourth-order valence-electron chi connectivity index (χ4n) is 7.55. The summed E-state index contributed by atoms with van der Waals surface area (Å²) in [7, 11) is -3.13. The van der Waals surface area contributed by atoms with E-state index < -0.39 is 27.5 Å². The maximum atomic E-state index is 14.6. The summed E-state index contributed by atoms with van der Waals surface area (Å²) in [5.74, 6) is 0.660. The molecular formula is C39H60N2O7Si2. The summed E-state index contributed by atoms with van der Waals surface area (Å²) in [6.45, 7) is 25.8. The number of hydrogen-bond donors (Lipinski definition) is 0. The number of carbonyl (C=O) groups is 1. The average molecular weight is 725 g/mol. The number of methoxy groups -OCH3 is 1. The molecule has 50 heavy (non-hydrogen) atoms. The lowest BCUT2D eigenvalue weighted by molar-refractivity contribution is -0.385. The van der Waals surface area contributed by atoms with Crippen molar-refractivity contribution in [2.45, 2.75) is 128 Å². The van der Waals surface area contributed by atoms with E-state index in [-0.39, 0.29) is 39.0 Å². The number of rotatable bonds is 13. The van der Waals surface area contributed by atoms with Crippen molar-refractivity contribution in [1.82, 2.24) is 4.90 Å². The highest BCUT2D eigenvalue weighted by atomic mass is 28.4. The van der Waals surface area contributed by atoms with Crippen molar-refractivity contribution in [1.29, 1.82) is 0 Å². The van der Waals surface area contributed by atoms with Crippen LogP contribution in [-0.2, 0) is 9.16 Å². The fourth-order valence-corrected chi connectivity index (χ4v) is 13.8. The maximum absolute atomic E-state index is 14.6. The van der Waals surface area contributed by atoms with Crippen LogP contribution in [-0.4, -0.2) is 65.3 Å². The van der Waals surface area contributed by atoms with Crippen LogP contribution in [0.4, 0.5) is 5.69 Å². The number of nitro groups is 1. The Morgan fingerprint density at radius 3 is 2.06 bits per heavy atom. The fraction of sp³-hybridized carbons (Fsp3) is 0.615. The molecule has 2 aromatic rings. The molecule has 0 saturated carbocycles. The molecular weight excluding hydrogens is 665 g/mol. The standard InChI is InChI=1S/C39H60N2O7Si2/c1-26(2)50(27(3)4,28(5)6)48-37-23-35(41(43)44)34(22-36(37)45-10)38(42)40-24-32(21-33(40)25-47-49(11,12)39(7,8)9)30-15-13-29(14-16-30)31-17-19-46-20-18-31/h13-16,22-24,26-28,31,33H,17-21,25H2,1-12H3/t33-/m0/s1. The van der Waals surface area contributed by atoms with E-state index in [1.165, 1.54) is 24.8 Å². The van der Waals surface area contributed by atoms with E-state index in [9.17, 15) is 14.9 Å². The Labute approximate surface area is 302 Å². The molecule has 2 aliphatic rings. The minimum atomic E-state index is -2.49. The van der Waals surface area contributed by atoms with Crippen molar-refractivity contribution in [3.63, 3.8) is 0 Å². The second-order valence-electron chi connectivity index (χ2n) is 16.5. The van der Waals surface area contributed by atoms with Gasteiger partial charge >= 0.3 is 0 Å². The molecule has 276 valence electrons. The minimum Gasteiger partial charge on any atom is -0.540 e. The highest BCUT2D eigenvalue weighted by Gasteiger charge is 2.48. The van der Waals surface area contributed by atoms with Crippen molar-refractivity contribution >= 4 is 33.8 Å². The molecule has 0 bridgehead atoms. The normalized spacial score (nSPS) is 17.9. The number of amides is 1. The molecule has 0 aromatic heterocycles. The third kappa shape index (κ3) is 8.21. The summed E-state index contributed by atoms with van der Waals surface area (Å²) in [4.78, 5) is 28.4. The summed E-state index contributed by atoms with van der Waals surface area (Å²) in [5.41, 5.74) is 3.73. The highest BCUT2D eigenvalue weighted by Crippen LogP contribution is 2.47. The van der Waals surface area contributed by atoms with E-state index in [2.05, 4.69) is 99.7 Å². The van der Waals surface area contributed by atoms with Crippen LogP contribution in [0, 0.1) is 10.1 Å². The van der Waals surface area contributed by atoms with Crippen LogP contribution in [0.1, 0.15) is 109 Å². The summed E-state index contributed by atoms with van der Waals surface area (Å²) >= 11 is 0. The molecule has 2 aliphatic heterocycles. The van der Waals surface area contributed by atoms with Gasteiger partial charge in [-0.05, 0) is 76.6 Å². The molecule has 1 amide bonds. The molecule has 1 saturated heterocycles. The first kappa shape index (κ1) is 39.8. The first-order valence-corrected chi connectivity index (χ1v) is 23.3. The van der Waals surface area contributed by atoms with Crippen molar-refractivity contribution in [3.05, 3.63) is 69.4 Å². The molecule has 2 heterocycles. The second-order valence-corrected chi connectivity index (χ2v) is 26.7. The molecule has 0 radical (unpaired) electrons. The highest BCUT2D eigenvalue weighted by molar-refractivity contribution is 6.78. The Kier molecular flexibility index (Phi) is 12.5. The summed E-state index contributed by atoms with van der Waals surface area (Å²) in [6, 6.07) is 11.2. The van der Waals surface area contributed by atoms with E-state index in [1.807, 2.05) is 6.20 Å². The lowest BCUT2D eigenvalue weighted by Gasteiger charge is -2.42. The Hall–Kier alpha value is -3.00. The van der Waals surface area contributed by atoms with Crippen molar-refractivity contribution in [2.75, 3.05) is 26.9 Å². The number of hydrogen-bond acceptors (Lipinski definition) is 7. The van der Waals surface area contributed by atoms with Crippen molar-refractivity contribution in [2.24, 2.45) is 0 Å². The number of ether oxygens (including phenoxy) is 2. The molecule has 0 aliphatic carbocycles. The van der Waals surface area contributed by atoms with E-state index in [4.69, 9.17) is 18.3 Å². The van der Waals surface area contributed by atoms with Gasteiger partial charge in [-0.25, -0.2) is 0 Å². The molecule has 0 N–H and O–H groups in total. The van der Waals surface area contributed by atoms with Gasteiger partial charge in [-0.3, -0.25) is 14.9 Å². The molecule has 9 nitrogen and oxygen atoms in total. The van der Waals surface area contributed by atoms with Crippen LogP contribution in [0.3, 0.4) is 0 Å². The molecule has 0 spiro atoms. The number of benzene rings is 2. The SMILES string of the molecule is COc1cc(C(=O)N2C=C(c3ccc(C4CCOCC4)cc3)C[C@H]2CO[Si](C)(C)C(C)(C)C)c([N+](=O)[O-])cc1O[Si](C(C)C)(C(C)C)C(C)C. The van der Waals surface area contributed by atoms with Crippen LogP contribution < -0.4 is 9.16 Å². The van der Waals surface area contributed by atoms with Gasteiger partial charge in [0.05, 0.1) is 30.7 Å². The van der Waals surface area contributed by atoms with E-state index in [0.29, 0.717) is 30.4 Å². The van der Waals surface area contributed by atoms with Gasteiger partial charge in [0, 0.05) is 25.5 Å². The Morgan fingerprint density at radius 1 is 0.980 bits per heavy atom. The minimum absolute atomic E-state index is 0.0147. The van der Waals surface area contributed by atoms with Crippen LogP contribution in [0.5, 0.6) is 11.5 Å². The summed E-state index contributed by atoms with van der Waals surface area (Å²) < 4.78 is 24.9. The number of carbonyl (C=O) groups excluding carboxylic acids is 1. The van der Waals surface area contributed by atoms with Gasteiger partial charge in [0.1, 0.15) is 5.56 Å². The van der Waals surface area contributed by atoms with Crippen LogP contribution in [0.15, 0.2) is 42.6 Å². The average Bonchev–Trinajstić information content (AvgIpc) is 3.49. The topological polar surface area (TPSA) is 100 Å². The van der Waals surface area contributed by atoms with Crippen molar-refractivity contribution in [3.8, 4) is 11.5 Å². The Morgan fingerprint density at radius 2 is 1.56 bits per heavy atom. The van der Waals surface area contributed by atoms with Crippen LogP contribution in [0.2, 0.25) is 34.8 Å². The molecule has 2 aromatic carbocycles. The van der Waals surface area contributed by atoms with Gasteiger partial charge in [-0.1, -0.05) is 86.6 Å². The molecule has 4 rings (SSSR count). The lowest BCUT2D eigenvalue weighted by atomic mass is 9.90. The largest absolute Gasteiger partial charge is 0.540 e. The third-order valence-corrected chi connectivity index (χ3v) is 22.0. The predicted molar refractivity (Wildman–Crippen MR) is 206 cm³/mol. The van der Waals surface area contributed by atoms with E-state index in [1.54, 1.807) is 4.90 Å². The van der Waals surface area contributed by atoms with E-state index >= 15 is 0 Å². The van der Waals surface area contributed by atoms with Crippen LogP contribution in [0.25, 0.3) is 5.57 Å². The first-order valence-electron chi connectivity index (χ1n) is 18.2. The van der Waals surface area contributed by atoms with Gasteiger partial charge in [0.25, 0.3) is 19.9 Å². The monoisotopic (exact) mass is 724 g/mol. The van der Waals surface area contributed by atoms with E-state index in [0.717, 1.165) is 37.2 Å². The van der Waals surface area contributed by atoms with Gasteiger partial charge in [-0.15, -0.1) is 0 Å². The second kappa shape index (κ2) is 15.7. The zero-order chi connectivity index (χ0) is 37.2. The zero-order valence-corrected chi connectivity index (χ0v) is 34.4. The van der Waals surface area contributed by atoms with Crippen LogP contribution >= 0.6 is 0 Å². The molecule has 1 fully saturated rings. The van der Waals surface area contributed by atoms with Gasteiger partial charge in [0.2, 0.25) is 0 Å². The maximum Gasteiger partial charge on any atom is 0.286 e. The predicted octanol–water partition coefficient (Wildman–Crippen LogP) is 10.3. The first-order chi connectivity index (χ1) is 23.3. The Bertz CT molecular complexity index is 1520. The lowest BCUT2D eigenvalue weighted by Crippen LogP contribution is -2.50. The quantitative estimate of drug-likeness (QED) is 0.115. The zero-order valence-electron chi connectivity index (χ0n) is 32.4. The van der Waals surface area contributed by atoms with Gasteiger partial charge in [-0.2, -0.15) is 0 Å². The molecule has 0 unspecified atom stereocenters. The smallest absolute Gasteiger partial charge is 0.286 e. The van der Waals surface area contributed by atoms with Gasteiger partial charge < -0.3 is 23.2 Å².